The Bertz CT molecular complexity index is 510. The van der Waals surface area contributed by atoms with Gasteiger partial charge in [0, 0.05) is 31.0 Å². The Labute approximate surface area is 132 Å². The van der Waals surface area contributed by atoms with Crippen molar-refractivity contribution in [2.75, 3.05) is 31.2 Å². The van der Waals surface area contributed by atoms with Crippen LogP contribution in [0.4, 0.5) is 5.69 Å². The molecule has 120 valence electrons. The van der Waals surface area contributed by atoms with Gasteiger partial charge in [0.1, 0.15) is 5.69 Å². The highest BCUT2D eigenvalue weighted by molar-refractivity contribution is 5.93. The van der Waals surface area contributed by atoms with Crippen molar-refractivity contribution in [3.8, 4) is 0 Å². The van der Waals surface area contributed by atoms with E-state index in [2.05, 4.69) is 22.1 Å². The van der Waals surface area contributed by atoms with E-state index in [0.29, 0.717) is 5.69 Å². The van der Waals surface area contributed by atoms with Crippen LogP contribution in [0.3, 0.4) is 0 Å². The minimum atomic E-state index is -0.0709. The molecule has 1 aliphatic heterocycles. The number of hydrogen-bond acceptors (Lipinski definition) is 4. The number of aromatic nitrogens is 1. The third-order valence-electron chi connectivity index (χ3n) is 4.43. The van der Waals surface area contributed by atoms with Gasteiger partial charge in [-0.15, -0.1) is 0 Å². The maximum absolute atomic E-state index is 12.3. The zero-order valence-electron chi connectivity index (χ0n) is 13.3. The minimum Gasteiger partial charge on any atom is -0.378 e. The lowest BCUT2D eigenvalue weighted by molar-refractivity contribution is 0.0932. The van der Waals surface area contributed by atoms with Crippen LogP contribution >= 0.6 is 0 Å². The first kappa shape index (κ1) is 15.3. The Morgan fingerprint density at radius 3 is 2.95 bits per heavy atom. The predicted molar refractivity (Wildman–Crippen MR) is 86.2 cm³/mol. The molecule has 0 aromatic carbocycles. The summed E-state index contributed by atoms with van der Waals surface area (Å²) in [5.41, 5.74) is 1.55. The number of ether oxygens (including phenoxy) is 1. The maximum Gasteiger partial charge on any atom is 0.270 e. The van der Waals surface area contributed by atoms with Crippen molar-refractivity contribution in [3.05, 3.63) is 24.0 Å². The van der Waals surface area contributed by atoms with Gasteiger partial charge in [-0.3, -0.25) is 9.78 Å². The summed E-state index contributed by atoms with van der Waals surface area (Å²) in [5, 5.41) is 3.06. The van der Waals surface area contributed by atoms with Crippen LogP contribution in [0.15, 0.2) is 18.3 Å². The largest absolute Gasteiger partial charge is 0.378 e. The van der Waals surface area contributed by atoms with Gasteiger partial charge in [0.25, 0.3) is 5.91 Å². The van der Waals surface area contributed by atoms with Crippen LogP contribution in [0.1, 0.15) is 43.1 Å². The zero-order chi connectivity index (χ0) is 15.4. The number of carbonyl (C=O) groups excluding carboxylic acids is 1. The molecule has 3 rings (SSSR count). The molecule has 5 heteroatoms. The summed E-state index contributed by atoms with van der Waals surface area (Å²) in [5.74, 6) is 0.834. The summed E-state index contributed by atoms with van der Waals surface area (Å²) in [6.45, 7) is 5.28. The molecule has 1 aromatic rings. The van der Waals surface area contributed by atoms with Gasteiger partial charge >= 0.3 is 0 Å². The molecule has 1 saturated heterocycles. The molecule has 5 nitrogen and oxygen atoms in total. The number of amides is 1. The molecular weight excluding hydrogens is 278 g/mol. The van der Waals surface area contributed by atoms with Gasteiger partial charge in [-0.2, -0.15) is 0 Å². The number of nitrogens with zero attached hydrogens (tertiary/aromatic N) is 2. The highest BCUT2D eigenvalue weighted by atomic mass is 16.5. The standard InChI is InChI=1S/C17H25N3O2/c1-13(2-3-14-4-5-14)19-17(21)16-12-15(6-7-18-16)20-8-10-22-11-9-20/h6-7,12-14H,2-5,8-11H2,1H3,(H,19,21). The van der Waals surface area contributed by atoms with E-state index in [1.165, 1.54) is 19.3 Å². The fourth-order valence-corrected chi connectivity index (χ4v) is 2.82. The van der Waals surface area contributed by atoms with Crippen LogP contribution < -0.4 is 10.2 Å². The molecule has 1 unspecified atom stereocenters. The highest BCUT2D eigenvalue weighted by Gasteiger charge is 2.22. The van der Waals surface area contributed by atoms with Gasteiger partial charge < -0.3 is 15.0 Å². The molecule has 1 atom stereocenters. The van der Waals surface area contributed by atoms with Crippen LogP contribution in [0.2, 0.25) is 0 Å². The van der Waals surface area contributed by atoms with Crippen LogP contribution in [0.5, 0.6) is 0 Å². The van der Waals surface area contributed by atoms with Gasteiger partial charge in [-0.05, 0) is 37.8 Å². The number of rotatable bonds is 6. The summed E-state index contributed by atoms with van der Waals surface area (Å²) in [7, 11) is 0. The Morgan fingerprint density at radius 2 is 2.23 bits per heavy atom. The third kappa shape index (κ3) is 4.19. The second-order valence-electron chi connectivity index (χ2n) is 6.39. The maximum atomic E-state index is 12.3. The third-order valence-corrected chi connectivity index (χ3v) is 4.43. The molecule has 2 aliphatic rings. The second kappa shape index (κ2) is 7.09. The summed E-state index contributed by atoms with van der Waals surface area (Å²) in [4.78, 5) is 18.8. The van der Waals surface area contributed by atoms with Gasteiger partial charge in [0.2, 0.25) is 0 Å². The van der Waals surface area contributed by atoms with Crippen molar-refractivity contribution in [2.24, 2.45) is 5.92 Å². The molecule has 0 spiro atoms. The van der Waals surface area contributed by atoms with E-state index < -0.39 is 0 Å². The average molecular weight is 303 g/mol. The molecule has 1 saturated carbocycles. The minimum absolute atomic E-state index is 0.0709. The second-order valence-corrected chi connectivity index (χ2v) is 6.39. The lowest BCUT2D eigenvalue weighted by atomic mass is 10.1. The van der Waals surface area contributed by atoms with Crippen molar-refractivity contribution in [1.82, 2.24) is 10.3 Å². The van der Waals surface area contributed by atoms with Crippen LogP contribution in [-0.4, -0.2) is 43.2 Å². The van der Waals surface area contributed by atoms with Crippen molar-refractivity contribution < 1.29 is 9.53 Å². The van der Waals surface area contributed by atoms with E-state index in [1.54, 1.807) is 6.20 Å². The molecular formula is C17H25N3O2. The monoisotopic (exact) mass is 303 g/mol. The molecule has 0 radical (unpaired) electrons. The number of carbonyl (C=O) groups is 1. The Kier molecular flexibility index (Phi) is 4.93. The van der Waals surface area contributed by atoms with E-state index in [9.17, 15) is 4.79 Å². The number of pyridine rings is 1. The summed E-state index contributed by atoms with van der Waals surface area (Å²) in [6.07, 6.45) is 6.73. The van der Waals surface area contributed by atoms with Gasteiger partial charge in [0.05, 0.1) is 13.2 Å². The molecule has 1 N–H and O–H groups in total. The molecule has 0 bridgehead atoms. The quantitative estimate of drug-likeness (QED) is 0.875. The lowest BCUT2D eigenvalue weighted by Crippen LogP contribution is -2.37. The highest BCUT2D eigenvalue weighted by Crippen LogP contribution is 2.33. The molecule has 1 aromatic heterocycles. The van der Waals surface area contributed by atoms with Crippen LogP contribution in [-0.2, 0) is 4.74 Å². The first-order chi connectivity index (χ1) is 10.7. The van der Waals surface area contributed by atoms with Crippen LogP contribution in [0.25, 0.3) is 0 Å². The van der Waals surface area contributed by atoms with Crippen molar-refractivity contribution in [2.45, 2.75) is 38.6 Å². The fourth-order valence-electron chi connectivity index (χ4n) is 2.82. The van der Waals surface area contributed by atoms with Crippen LogP contribution in [0, 0.1) is 5.92 Å². The first-order valence-corrected chi connectivity index (χ1v) is 8.32. The summed E-state index contributed by atoms with van der Waals surface area (Å²) >= 11 is 0. The number of nitrogens with one attached hydrogen (secondary N) is 1. The van der Waals surface area contributed by atoms with E-state index >= 15 is 0 Å². The summed E-state index contributed by atoms with van der Waals surface area (Å²) < 4.78 is 5.37. The molecule has 2 fully saturated rings. The Hall–Kier alpha value is -1.62. The number of hydrogen-bond donors (Lipinski definition) is 1. The first-order valence-electron chi connectivity index (χ1n) is 8.32. The summed E-state index contributed by atoms with van der Waals surface area (Å²) in [6, 6.07) is 4.05. The number of morpholine rings is 1. The van der Waals surface area contributed by atoms with E-state index in [0.717, 1.165) is 44.3 Å². The van der Waals surface area contributed by atoms with Crippen molar-refractivity contribution >= 4 is 11.6 Å². The zero-order valence-corrected chi connectivity index (χ0v) is 13.3. The fraction of sp³-hybridized carbons (Fsp3) is 0.647. The Morgan fingerprint density at radius 1 is 1.45 bits per heavy atom. The smallest absolute Gasteiger partial charge is 0.270 e. The normalized spacial score (nSPS) is 19.8. The number of anilines is 1. The van der Waals surface area contributed by atoms with Crippen molar-refractivity contribution in [3.63, 3.8) is 0 Å². The van der Waals surface area contributed by atoms with Gasteiger partial charge in [-0.1, -0.05) is 12.8 Å². The average Bonchev–Trinajstić information content (AvgIpc) is 3.38. The molecule has 1 aliphatic carbocycles. The van der Waals surface area contributed by atoms with E-state index in [4.69, 9.17) is 4.74 Å². The molecule has 1 amide bonds. The molecule has 22 heavy (non-hydrogen) atoms. The topological polar surface area (TPSA) is 54.5 Å². The van der Waals surface area contributed by atoms with E-state index in [-0.39, 0.29) is 11.9 Å². The lowest BCUT2D eigenvalue weighted by Gasteiger charge is -2.28. The van der Waals surface area contributed by atoms with Crippen molar-refractivity contribution in [1.29, 1.82) is 0 Å². The molecule has 2 heterocycles. The predicted octanol–water partition coefficient (Wildman–Crippen LogP) is 2.23. The van der Waals surface area contributed by atoms with Gasteiger partial charge in [-0.25, -0.2) is 0 Å². The SMILES string of the molecule is CC(CCC1CC1)NC(=O)c1cc(N2CCOCC2)ccn1. The van der Waals surface area contributed by atoms with E-state index in [1.807, 2.05) is 12.1 Å². The Balaban J connectivity index is 1.56. The van der Waals surface area contributed by atoms with Gasteiger partial charge in [0.15, 0.2) is 0 Å².